The average molecular weight is 179 g/mol. The lowest BCUT2D eigenvalue weighted by molar-refractivity contribution is 1.05. The SMILES string of the molecule is Cc1cnc(NN)nc1NC1CC1. The zero-order valence-electron chi connectivity index (χ0n) is 7.54. The van der Waals surface area contributed by atoms with Crippen LogP contribution in [0.25, 0.3) is 0 Å². The summed E-state index contributed by atoms with van der Waals surface area (Å²) in [7, 11) is 0. The van der Waals surface area contributed by atoms with Crippen LogP contribution in [0.15, 0.2) is 6.20 Å². The number of hydrogen-bond acceptors (Lipinski definition) is 5. The molecular formula is C8H13N5. The number of aromatic nitrogens is 2. The predicted molar refractivity (Wildman–Crippen MR) is 51.2 cm³/mol. The van der Waals surface area contributed by atoms with E-state index < -0.39 is 0 Å². The first kappa shape index (κ1) is 8.25. The molecule has 2 rings (SSSR count). The molecule has 1 fully saturated rings. The van der Waals surface area contributed by atoms with Crippen LogP contribution in [0.5, 0.6) is 0 Å². The van der Waals surface area contributed by atoms with Crippen molar-refractivity contribution in [1.82, 2.24) is 9.97 Å². The number of nitrogen functional groups attached to an aromatic ring is 1. The largest absolute Gasteiger partial charge is 0.367 e. The van der Waals surface area contributed by atoms with Crippen molar-refractivity contribution < 1.29 is 0 Å². The lowest BCUT2D eigenvalue weighted by atomic mass is 10.3. The van der Waals surface area contributed by atoms with Crippen molar-refractivity contribution in [1.29, 1.82) is 0 Å². The Morgan fingerprint density at radius 1 is 1.54 bits per heavy atom. The molecule has 0 amide bonds. The van der Waals surface area contributed by atoms with Crippen LogP contribution in [0.2, 0.25) is 0 Å². The highest BCUT2D eigenvalue weighted by atomic mass is 15.3. The number of anilines is 2. The van der Waals surface area contributed by atoms with Crippen LogP contribution >= 0.6 is 0 Å². The smallest absolute Gasteiger partial charge is 0.239 e. The van der Waals surface area contributed by atoms with E-state index in [1.807, 2.05) is 6.92 Å². The summed E-state index contributed by atoms with van der Waals surface area (Å²) in [6, 6.07) is 0.597. The van der Waals surface area contributed by atoms with Gasteiger partial charge in [-0.1, -0.05) is 0 Å². The van der Waals surface area contributed by atoms with Gasteiger partial charge in [0.05, 0.1) is 0 Å². The molecule has 1 aliphatic rings. The van der Waals surface area contributed by atoms with Crippen molar-refractivity contribution in [3.63, 3.8) is 0 Å². The van der Waals surface area contributed by atoms with Gasteiger partial charge in [-0.25, -0.2) is 10.8 Å². The highest BCUT2D eigenvalue weighted by molar-refractivity contribution is 5.47. The summed E-state index contributed by atoms with van der Waals surface area (Å²) in [6.45, 7) is 1.98. The molecule has 0 spiro atoms. The number of aryl methyl sites for hydroxylation is 1. The number of nitrogens with zero attached hydrogens (tertiary/aromatic N) is 2. The van der Waals surface area contributed by atoms with E-state index in [4.69, 9.17) is 5.84 Å². The molecule has 0 radical (unpaired) electrons. The third-order valence-electron chi connectivity index (χ3n) is 2.02. The molecule has 70 valence electrons. The molecule has 0 bridgehead atoms. The number of hydrazine groups is 1. The molecular weight excluding hydrogens is 166 g/mol. The molecule has 1 aromatic heterocycles. The Hall–Kier alpha value is -1.36. The van der Waals surface area contributed by atoms with E-state index in [0.29, 0.717) is 12.0 Å². The van der Waals surface area contributed by atoms with Gasteiger partial charge in [0, 0.05) is 17.8 Å². The second kappa shape index (κ2) is 3.18. The standard InChI is InChI=1S/C8H13N5/c1-5-4-10-8(13-9)12-7(5)11-6-2-3-6/h4,6H,2-3,9H2,1H3,(H2,10,11,12,13). The maximum Gasteiger partial charge on any atom is 0.239 e. The average Bonchev–Trinajstić information content (AvgIpc) is 2.93. The van der Waals surface area contributed by atoms with Crippen LogP contribution in [-0.4, -0.2) is 16.0 Å². The number of hydrogen-bond donors (Lipinski definition) is 3. The van der Waals surface area contributed by atoms with Crippen molar-refractivity contribution >= 4 is 11.8 Å². The molecule has 13 heavy (non-hydrogen) atoms. The van der Waals surface area contributed by atoms with Crippen molar-refractivity contribution in [3.05, 3.63) is 11.8 Å². The van der Waals surface area contributed by atoms with Crippen molar-refractivity contribution in [2.24, 2.45) is 5.84 Å². The van der Waals surface area contributed by atoms with Gasteiger partial charge in [-0.2, -0.15) is 4.98 Å². The Balaban J connectivity index is 2.19. The Morgan fingerprint density at radius 2 is 2.31 bits per heavy atom. The van der Waals surface area contributed by atoms with Gasteiger partial charge >= 0.3 is 0 Å². The van der Waals surface area contributed by atoms with Gasteiger partial charge in [0.15, 0.2) is 0 Å². The van der Waals surface area contributed by atoms with E-state index in [0.717, 1.165) is 11.4 Å². The fraction of sp³-hybridized carbons (Fsp3) is 0.500. The van der Waals surface area contributed by atoms with Crippen LogP contribution in [0, 0.1) is 6.92 Å². The Bertz CT molecular complexity index is 307. The minimum Gasteiger partial charge on any atom is -0.367 e. The van der Waals surface area contributed by atoms with Gasteiger partial charge in [0.2, 0.25) is 5.95 Å². The summed E-state index contributed by atoms with van der Waals surface area (Å²) >= 11 is 0. The van der Waals surface area contributed by atoms with Crippen LogP contribution in [0.1, 0.15) is 18.4 Å². The Labute approximate surface area is 76.7 Å². The molecule has 5 nitrogen and oxygen atoms in total. The minimum atomic E-state index is 0.453. The van der Waals surface area contributed by atoms with Crippen LogP contribution in [0.4, 0.5) is 11.8 Å². The normalized spacial score (nSPS) is 15.5. The van der Waals surface area contributed by atoms with E-state index in [2.05, 4.69) is 20.7 Å². The zero-order chi connectivity index (χ0) is 9.26. The van der Waals surface area contributed by atoms with Crippen molar-refractivity contribution in [2.75, 3.05) is 10.7 Å². The topological polar surface area (TPSA) is 75.9 Å². The second-order valence-corrected chi connectivity index (χ2v) is 3.29. The molecule has 0 saturated heterocycles. The molecule has 1 aromatic rings. The van der Waals surface area contributed by atoms with Gasteiger partial charge in [-0.05, 0) is 19.8 Å². The van der Waals surface area contributed by atoms with E-state index in [1.165, 1.54) is 12.8 Å². The Kier molecular flexibility index (Phi) is 2.02. The first-order valence-corrected chi connectivity index (χ1v) is 4.36. The van der Waals surface area contributed by atoms with Crippen LogP contribution in [0.3, 0.4) is 0 Å². The monoisotopic (exact) mass is 179 g/mol. The lowest BCUT2D eigenvalue weighted by Crippen LogP contribution is -2.13. The molecule has 1 heterocycles. The molecule has 0 atom stereocenters. The van der Waals surface area contributed by atoms with Crippen molar-refractivity contribution in [2.45, 2.75) is 25.8 Å². The molecule has 0 aromatic carbocycles. The van der Waals surface area contributed by atoms with Crippen LogP contribution < -0.4 is 16.6 Å². The molecule has 5 heteroatoms. The fourth-order valence-corrected chi connectivity index (χ4v) is 1.08. The number of nitrogens with one attached hydrogen (secondary N) is 2. The minimum absolute atomic E-state index is 0.453. The Morgan fingerprint density at radius 3 is 2.92 bits per heavy atom. The lowest BCUT2D eigenvalue weighted by Gasteiger charge is -2.07. The summed E-state index contributed by atoms with van der Waals surface area (Å²) in [4.78, 5) is 8.21. The van der Waals surface area contributed by atoms with Gasteiger partial charge in [-0.15, -0.1) is 0 Å². The van der Waals surface area contributed by atoms with Crippen LogP contribution in [-0.2, 0) is 0 Å². The maximum absolute atomic E-state index is 5.21. The van der Waals surface area contributed by atoms with Gasteiger partial charge < -0.3 is 5.32 Å². The summed E-state index contributed by atoms with van der Waals surface area (Å²) in [5.74, 6) is 6.55. The molecule has 0 unspecified atom stereocenters. The van der Waals surface area contributed by atoms with Crippen molar-refractivity contribution in [3.8, 4) is 0 Å². The van der Waals surface area contributed by atoms with E-state index in [-0.39, 0.29) is 0 Å². The number of rotatable bonds is 3. The molecule has 4 N–H and O–H groups in total. The number of nitrogens with two attached hydrogens (primary N) is 1. The first-order chi connectivity index (χ1) is 6.29. The summed E-state index contributed by atoms with van der Waals surface area (Å²) in [5, 5.41) is 3.31. The second-order valence-electron chi connectivity index (χ2n) is 3.29. The predicted octanol–water partition coefficient (Wildman–Crippen LogP) is 0.645. The third kappa shape index (κ3) is 1.86. The van der Waals surface area contributed by atoms with Gasteiger partial charge in [-0.3, -0.25) is 5.43 Å². The molecule has 1 aliphatic carbocycles. The fourth-order valence-electron chi connectivity index (χ4n) is 1.08. The molecule has 0 aliphatic heterocycles. The van der Waals surface area contributed by atoms with E-state index >= 15 is 0 Å². The third-order valence-corrected chi connectivity index (χ3v) is 2.02. The summed E-state index contributed by atoms with van der Waals surface area (Å²) in [6.07, 6.45) is 4.22. The zero-order valence-corrected chi connectivity index (χ0v) is 7.54. The quantitative estimate of drug-likeness (QED) is 0.469. The van der Waals surface area contributed by atoms with Gasteiger partial charge in [0.25, 0.3) is 0 Å². The van der Waals surface area contributed by atoms with Gasteiger partial charge in [0.1, 0.15) is 5.82 Å². The van der Waals surface area contributed by atoms with E-state index in [1.54, 1.807) is 6.20 Å². The summed E-state index contributed by atoms with van der Waals surface area (Å²) in [5.41, 5.74) is 3.47. The molecule has 1 saturated carbocycles. The maximum atomic E-state index is 5.21. The van der Waals surface area contributed by atoms with E-state index in [9.17, 15) is 0 Å². The highest BCUT2D eigenvalue weighted by Crippen LogP contribution is 2.25. The summed E-state index contributed by atoms with van der Waals surface area (Å²) < 4.78 is 0. The highest BCUT2D eigenvalue weighted by Gasteiger charge is 2.22. The first-order valence-electron chi connectivity index (χ1n) is 4.36.